The van der Waals surface area contributed by atoms with Crippen molar-refractivity contribution < 1.29 is 45.1 Å². The summed E-state index contributed by atoms with van der Waals surface area (Å²) in [6.45, 7) is 38.3. The molecule has 0 bridgehead atoms. The van der Waals surface area contributed by atoms with E-state index in [0.717, 1.165) is 0 Å². The van der Waals surface area contributed by atoms with Gasteiger partial charge < -0.3 is 24.8 Å². The molecule has 4 aromatic rings. The van der Waals surface area contributed by atoms with Crippen LogP contribution in [0.25, 0.3) is 34.4 Å². The van der Waals surface area contributed by atoms with Gasteiger partial charge in [0.1, 0.15) is 0 Å². The van der Waals surface area contributed by atoms with Crippen LogP contribution >= 0.6 is 0 Å². The maximum atomic E-state index is 2.73. The Morgan fingerprint density at radius 3 is 1.05 bits per heavy atom. The van der Waals surface area contributed by atoms with Crippen molar-refractivity contribution in [2.45, 2.75) is 167 Å². The summed E-state index contributed by atoms with van der Waals surface area (Å²) in [4.78, 5) is 0. The first-order chi connectivity index (χ1) is 26.9. The number of rotatable bonds is 8. The SMILES string of the molecule is CC(C)CC1=Cc2c(-c3cc(C(C)(C)C)cc(C(C)(C)C)c3)cccc2[CH]1[Zr+2]1([CH]2C(CC(C)C)=Cc3c(-c4cc(C(C)(C)C)cc(C(C)(C)C)c4)cccc32)[CH2]C[CH2]1.[Cl-].[Cl-]. The van der Waals surface area contributed by atoms with E-state index < -0.39 is 20.3 Å². The fraction of sp³-hybridized carbons (Fsp3) is 0.509. The summed E-state index contributed by atoms with van der Waals surface area (Å²) in [5.74, 6) is 1.26. The van der Waals surface area contributed by atoms with Crippen LogP contribution in [0, 0.1) is 11.8 Å². The molecule has 3 heteroatoms. The van der Waals surface area contributed by atoms with E-state index in [9.17, 15) is 0 Å². The molecule has 2 unspecified atom stereocenters. The van der Waals surface area contributed by atoms with Crippen LogP contribution in [0.2, 0.25) is 8.26 Å². The topological polar surface area (TPSA) is 0 Å². The molecule has 2 aliphatic carbocycles. The van der Waals surface area contributed by atoms with Crippen LogP contribution in [-0.2, 0) is 41.9 Å². The molecule has 0 nitrogen and oxygen atoms in total. The Morgan fingerprint density at radius 2 is 0.800 bits per heavy atom. The van der Waals surface area contributed by atoms with Gasteiger partial charge in [0, 0.05) is 0 Å². The van der Waals surface area contributed by atoms with Crippen molar-refractivity contribution in [2.75, 3.05) is 0 Å². The van der Waals surface area contributed by atoms with Gasteiger partial charge in [0.15, 0.2) is 0 Å². The molecular formula is C57H76Cl2Zr. The van der Waals surface area contributed by atoms with Crippen molar-refractivity contribution in [1.29, 1.82) is 0 Å². The maximum Gasteiger partial charge on any atom is -1.00 e. The Balaban J connectivity index is 0.00000341. The van der Waals surface area contributed by atoms with E-state index >= 15 is 0 Å². The average Bonchev–Trinajstić information content (AvgIpc) is 3.63. The Bertz CT molecular complexity index is 2050. The number of hydrogen-bond acceptors (Lipinski definition) is 0. The summed E-state index contributed by atoms with van der Waals surface area (Å²) >= 11 is -3.08. The monoisotopic (exact) mass is 920 g/mol. The third-order valence-electron chi connectivity index (χ3n) is 14.0. The summed E-state index contributed by atoms with van der Waals surface area (Å²) in [5.41, 5.74) is 21.7. The van der Waals surface area contributed by atoms with E-state index in [1.165, 1.54) is 83.2 Å². The molecule has 1 fully saturated rings. The molecule has 60 heavy (non-hydrogen) atoms. The average molecular weight is 923 g/mol. The first-order valence-electron chi connectivity index (χ1n) is 22.9. The van der Waals surface area contributed by atoms with Crippen molar-refractivity contribution in [2.24, 2.45) is 11.8 Å². The van der Waals surface area contributed by atoms with Crippen molar-refractivity contribution in [3.8, 4) is 22.3 Å². The quantitative estimate of drug-likeness (QED) is 0.165. The smallest absolute Gasteiger partial charge is 1.00 e. The van der Waals surface area contributed by atoms with Crippen LogP contribution in [0.4, 0.5) is 0 Å². The Labute approximate surface area is 384 Å². The molecular weight excluding hydrogens is 847 g/mol. The van der Waals surface area contributed by atoms with Gasteiger partial charge in [0.05, 0.1) is 0 Å². The van der Waals surface area contributed by atoms with Gasteiger partial charge in [0.2, 0.25) is 0 Å². The zero-order chi connectivity index (χ0) is 42.3. The van der Waals surface area contributed by atoms with Crippen LogP contribution in [0.3, 0.4) is 0 Å². The second-order valence-electron chi connectivity index (χ2n) is 23.8. The zero-order valence-corrected chi connectivity index (χ0v) is 44.2. The summed E-state index contributed by atoms with van der Waals surface area (Å²) in [6.07, 6.45) is 9.27. The van der Waals surface area contributed by atoms with Crippen molar-refractivity contribution >= 4 is 12.2 Å². The standard InChI is InChI=1S/2C27H35.C3H6.2ClH.Zr/c2*1-18(2)12-19-13-20-10-9-11-24(25(20)14-19)21-15-22(26(3,4)5)17-23(16-21)27(6,7)8;1-3-2;;;/h2*9-11,13-18H,12H2,1-8H3;1-3H2;2*1H;/q;;;;;+2/p-2. The van der Waals surface area contributed by atoms with E-state index in [0.29, 0.717) is 19.1 Å². The molecule has 0 aromatic heterocycles. The molecule has 3 aliphatic rings. The fourth-order valence-corrected chi connectivity index (χ4v) is 26.1. The van der Waals surface area contributed by atoms with Crippen LogP contribution in [0.15, 0.2) is 83.9 Å². The minimum Gasteiger partial charge on any atom is -1.00 e. The summed E-state index contributed by atoms with van der Waals surface area (Å²) in [6, 6.07) is 29.9. The Hall–Kier alpha value is -2.18. The van der Waals surface area contributed by atoms with E-state index in [2.05, 4.69) is 196 Å². The first-order valence-corrected chi connectivity index (χ1v) is 29.2. The van der Waals surface area contributed by atoms with Gasteiger partial charge in [-0.1, -0.05) is 0 Å². The molecule has 1 aliphatic heterocycles. The van der Waals surface area contributed by atoms with Crippen LogP contribution in [0.5, 0.6) is 0 Å². The van der Waals surface area contributed by atoms with Crippen molar-refractivity contribution in [1.82, 2.24) is 0 Å². The predicted molar refractivity (Wildman–Crippen MR) is 253 cm³/mol. The van der Waals surface area contributed by atoms with Gasteiger partial charge in [-0.15, -0.1) is 0 Å². The number of benzene rings is 4. The molecule has 2 atom stereocenters. The van der Waals surface area contributed by atoms with E-state index in [1.807, 2.05) is 0 Å². The molecule has 1 saturated heterocycles. The number of halogens is 2. The Kier molecular flexibility index (Phi) is 14.2. The second-order valence-corrected chi connectivity index (χ2v) is 35.2. The molecule has 0 spiro atoms. The maximum absolute atomic E-state index is 3.08. The molecule has 0 radical (unpaired) electrons. The van der Waals surface area contributed by atoms with Gasteiger partial charge in [0.25, 0.3) is 0 Å². The normalized spacial score (nSPS) is 18.1. The summed E-state index contributed by atoms with van der Waals surface area (Å²) in [7, 11) is 0. The number of fused-ring (bicyclic) bond motifs is 2. The molecule has 322 valence electrons. The van der Waals surface area contributed by atoms with Gasteiger partial charge >= 0.3 is 362 Å². The molecule has 1 heterocycles. The molecule has 0 amide bonds. The third-order valence-corrected chi connectivity index (χ3v) is 29.3. The summed E-state index contributed by atoms with van der Waals surface area (Å²) in [5, 5.41) is 0. The fourth-order valence-electron chi connectivity index (χ4n) is 10.7. The minimum atomic E-state index is -3.08. The molecule has 7 rings (SSSR count). The zero-order valence-electron chi connectivity index (χ0n) is 40.2. The molecule has 0 saturated carbocycles. The Morgan fingerprint density at radius 1 is 0.483 bits per heavy atom. The van der Waals surface area contributed by atoms with Gasteiger partial charge in [-0.3, -0.25) is 0 Å². The molecule has 0 N–H and O–H groups in total. The van der Waals surface area contributed by atoms with Gasteiger partial charge in [-0.05, 0) is 0 Å². The predicted octanol–water partition coefficient (Wildman–Crippen LogP) is 11.3. The summed E-state index contributed by atoms with van der Waals surface area (Å²) < 4.78 is 4.23. The number of allylic oxidation sites excluding steroid dienone is 2. The third kappa shape index (κ3) is 9.37. The van der Waals surface area contributed by atoms with Crippen molar-refractivity contribution in [3.05, 3.63) is 128 Å². The van der Waals surface area contributed by atoms with Crippen LogP contribution < -0.4 is 24.8 Å². The molecule has 4 aromatic carbocycles. The van der Waals surface area contributed by atoms with E-state index in [-0.39, 0.29) is 46.5 Å². The van der Waals surface area contributed by atoms with Crippen LogP contribution in [0.1, 0.15) is 182 Å². The first kappa shape index (κ1) is 48.8. The second kappa shape index (κ2) is 17.4. The van der Waals surface area contributed by atoms with E-state index in [4.69, 9.17) is 0 Å². The largest absolute Gasteiger partial charge is 1.00 e. The van der Waals surface area contributed by atoms with Gasteiger partial charge in [-0.2, -0.15) is 0 Å². The van der Waals surface area contributed by atoms with Crippen LogP contribution in [-0.4, -0.2) is 0 Å². The van der Waals surface area contributed by atoms with Gasteiger partial charge in [-0.25, -0.2) is 0 Å². The number of hydrogen-bond donors (Lipinski definition) is 0. The minimum absolute atomic E-state index is 0. The van der Waals surface area contributed by atoms with E-state index in [1.54, 1.807) is 22.3 Å². The van der Waals surface area contributed by atoms with Crippen molar-refractivity contribution in [3.63, 3.8) is 0 Å².